The first-order valence-electron chi connectivity index (χ1n) is 27.0. The maximum absolute atomic E-state index is 2.49. The predicted molar refractivity (Wildman–Crippen MR) is 325 cm³/mol. The van der Waals surface area contributed by atoms with Gasteiger partial charge in [0.15, 0.2) is 0 Å². The van der Waals surface area contributed by atoms with Gasteiger partial charge in [-0.2, -0.15) is 0 Å². The van der Waals surface area contributed by atoms with E-state index in [0.717, 1.165) is 51.2 Å². The monoisotopic (exact) mass is 985 g/mol. The molecule has 0 aromatic heterocycles. The van der Waals surface area contributed by atoms with E-state index in [9.17, 15) is 0 Å². The lowest BCUT2D eigenvalue weighted by Gasteiger charge is -2.35. The molecule has 0 fully saturated rings. The minimum atomic E-state index is -0.131. The summed E-state index contributed by atoms with van der Waals surface area (Å²) in [6, 6.07) is 96.9. The lowest BCUT2D eigenvalue weighted by Crippen LogP contribution is -2.17. The first kappa shape index (κ1) is 45.0. The van der Waals surface area contributed by atoms with Gasteiger partial charge in [0.25, 0.3) is 0 Å². The van der Waals surface area contributed by atoms with Crippen molar-refractivity contribution in [3.63, 3.8) is 0 Å². The second kappa shape index (κ2) is 17.0. The number of rotatable bonds is 8. The summed E-state index contributed by atoms with van der Waals surface area (Å²) in [5, 5.41) is 4.83. The van der Waals surface area contributed by atoms with Gasteiger partial charge in [-0.15, -0.1) is 0 Å². The van der Waals surface area contributed by atoms with E-state index < -0.39 is 0 Å². The largest absolute Gasteiger partial charge is 0.310 e. The number of fused-ring (bicyclic) bond motifs is 9. The van der Waals surface area contributed by atoms with Gasteiger partial charge in [-0.25, -0.2) is 0 Å². The van der Waals surface area contributed by atoms with Crippen LogP contribution in [-0.4, -0.2) is 0 Å². The molecule has 1 heterocycles. The summed E-state index contributed by atoms with van der Waals surface area (Å²) in [7, 11) is 0. The van der Waals surface area contributed by atoms with Gasteiger partial charge in [0, 0.05) is 61.0 Å². The smallest absolute Gasteiger partial charge is 0.0547 e. The van der Waals surface area contributed by atoms with E-state index in [0.29, 0.717) is 0 Å². The Bertz CT molecular complexity index is 4340. The minimum Gasteiger partial charge on any atom is -0.310 e. The third kappa shape index (κ3) is 6.76. The Morgan fingerprint density at radius 1 is 0.286 bits per heavy atom. The SMILES string of the molecule is CC1(C)c2ccccc2-c2ccc(N(c3ccccc3)c3ccc(-c4ccc5c(c4)N(c4ccccc4)c4cccc6c(N(c7ccccc7)c7ccc8c(c7)C(C)(C)c7ccccc7-8)ccc-5c46)c4ccccc34)cc21. The summed E-state index contributed by atoms with van der Waals surface area (Å²) < 4.78 is 0. The number of hydrogen-bond donors (Lipinski definition) is 0. The first-order chi connectivity index (χ1) is 37.7. The van der Waals surface area contributed by atoms with Gasteiger partial charge in [0.05, 0.1) is 22.7 Å². The highest BCUT2D eigenvalue weighted by Crippen LogP contribution is 2.57. The van der Waals surface area contributed by atoms with Crippen molar-refractivity contribution in [1.29, 1.82) is 0 Å². The molecule has 0 amide bonds. The fraction of sp³-hybridized carbons (Fsp3) is 0.0811. The molecule has 15 rings (SSSR count). The first-order valence-corrected chi connectivity index (χ1v) is 27.0. The molecule has 0 atom stereocenters. The van der Waals surface area contributed by atoms with Crippen LogP contribution < -0.4 is 14.7 Å². The molecule has 0 saturated heterocycles. The summed E-state index contributed by atoms with van der Waals surface area (Å²) in [6.07, 6.45) is 0. The molecule has 12 aromatic rings. The molecule has 12 aromatic carbocycles. The Morgan fingerprint density at radius 3 is 1.34 bits per heavy atom. The van der Waals surface area contributed by atoms with Crippen LogP contribution in [-0.2, 0) is 10.8 Å². The van der Waals surface area contributed by atoms with Gasteiger partial charge in [-0.05, 0) is 152 Å². The summed E-state index contributed by atoms with van der Waals surface area (Å²) in [5.41, 5.74) is 25.5. The molecule has 3 heteroatoms. The molecule has 0 saturated carbocycles. The molecule has 0 N–H and O–H groups in total. The minimum absolute atomic E-state index is 0.124. The Labute approximate surface area is 451 Å². The average Bonchev–Trinajstić information content (AvgIpc) is 3.99. The molecule has 1 aliphatic heterocycles. The third-order valence-corrected chi connectivity index (χ3v) is 17.2. The molecular formula is C74H55N3. The summed E-state index contributed by atoms with van der Waals surface area (Å²) in [6.45, 7) is 9.46. The van der Waals surface area contributed by atoms with Crippen molar-refractivity contribution in [1.82, 2.24) is 0 Å². The van der Waals surface area contributed by atoms with Crippen LogP contribution in [0.1, 0.15) is 49.9 Å². The van der Waals surface area contributed by atoms with Crippen LogP contribution in [0, 0.1) is 0 Å². The van der Waals surface area contributed by atoms with E-state index >= 15 is 0 Å². The van der Waals surface area contributed by atoms with E-state index in [2.05, 4.69) is 303 Å². The van der Waals surface area contributed by atoms with Crippen molar-refractivity contribution >= 4 is 72.7 Å². The number of benzene rings is 12. The van der Waals surface area contributed by atoms with Gasteiger partial charge in [-0.1, -0.05) is 204 Å². The van der Waals surface area contributed by atoms with Crippen molar-refractivity contribution < 1.29 is 0 Å². The molecule has 0 spiro atoms. The second-order valence-electron chi connectivity index (χ2n) is 22.1. The zero-order valence-electron chi connectivity index (χ0n) is 43.7. The van der Waals surface area contributed by atoms with Crippen LogP contribution in [0.4, 0.5) is 51.2 Å². The Hall–Kier alpha value is -9.44. The molecule has 0 radical (unpaired) electrons. The van der Waals surface area contributed by atoms with Crippen molar-refractivity contribution in [2.75, 3.05) is 14.7 Å². The Morgan fingerprint density at radius 2 is 0.740 bits per heavy atom. The highest BCUT2D eigenvalue weighted by Gasteiger charge is 2.38. The lowest BCUT2D eigenvalue weighted by atomic mass is 9.82. The van der Waals surface area contributed by atoms with Crippen LogP contribution in [0.25, 0.3) is 66.1 Å². The summed E-state index contributed by atoms with van der Waals surface area (Å²) in [5.74, 6) is 0. The van der Waals surface area contributed by atoms with E-state index in [4.69, 9.17) is 0 Å². The zero-order chi connectivity index (χ0) is 51.6. The van der Waals surface area contributed by atoms with Gasteiger partial charge < -0.3 is 14.7 Å². The van der Waals surface area contributed by atoms with Crippen LogP contribution in [0.15, 0.2) is 261 Å². The van der Waals surface area contributed by atoms with Crippen LogP contribution in [0.3, 0.4) is 0 Å². The van der Waals surface area contributed by atoms with Crippen molar-refractivity contribution in [2.45, 2.75) is 38.5 Å². The van der Waals surface area contributed by atoms with E-state index in [1.54, 1.807) is 0 Å². The van der Waals surface area contributed by atoms with E-state index in [1.165, 1.54) is 88.3 Å². The molecule has 0 bridgehead atoms. The summed E-state index contributed by atoms with van der Waals surface area (Å²) >= 11 is 0. The number of nitrogens with zero attached hydrogens (tertiary/aromatic N) is 3. The standard InChI is InChI=1S/C74H55N3/c1-73(2)64-32-18-16-28-56(64)58-39-36-52(46-66(58)73)75(49-21-8-5-9-22-49)68-43-41-54(55-27-14-15-30-60(55)68)48-35-38-61-62-42-44-69(63-31-20-34-70(72(62)63)77(71(61)45-48)51-25-12-7-13-26-51)76(50-23-10-6-11-24-50)53-37-40-59-57-29-17-19-33-65(57)74(3,4)67(59)47-53/h5-47H,1-4H3. The quantitative estimate of drug-likeness (QED) is 0.150. The average molecular weight is 986 g/mol. The van der Waals surface area contributed by atoms with Crippen LogP contribution in [0.5, 0.6) is 0 Å². The topological polar surface area (TPSA) is 9.72 Å². The van der Waals surface area contributed by atoms with Crippen LogP contribution >= 0.6 is 0 Å². The number of anilines is 9. The molecule has 2 aliphatic carbocycles. The highest BCUT2D eigenvalue weighted by atomic mass is 15.2. The maximum atomic E-state index is 2.49. The van der Waals surface area contributed by atoms with Crippen LogP contribution in [0.2, 0.25) is 0 Å². The van der Waals surface area contributed by atoms with Crippen molar-refractivity contribution in [2.24, 2.45) is 0 Å². The van der Waals surface area contributed by atoms with Gasteiger partial charge in [0.1, 0.15) is 0 Å². The predicted octanol–water partition coefficient (Wildman–Crippen LogP) is 20.7. The molecule has 3 nitrogen and oxygen atoms in total. The number of para-hydroxylation sites is 3. The molecular weight excluding hydrogens is 931 g/mol. The van der Waals surface area contributed by atoms with E-state index in [1.807, 2.05) is 0 Å². The fourth-order valence-corrected chi connectivity index (χ4v) is 13.5. The molecule has 3 aliphatic rings. The van der Waals surface area contributed by atoms with Gasteiger partial charge >= 0.3 is 0 Å². The summed E-state index contributed by atoms with van der Waals surface area (Å²) in [4.78, 5) is 7.40. The molecule has 0 unspecified atom stereocenters. The lowest BCUT2D eigenvalue weighted by molar-refractivity contribution is 0.660. The van der Waals surface area contributed by atoms with Crippen molar-refractivity contribution in [3.05, 3.63) is 283 Å². The Balaban J connectivity index is 0.882. The maximum Gasteiger partial charge on any atom is 0.0547 e. The van der Waals surface area contributed by atoms with Gasteiger partial charge in [-0.3, -0.25) is 0 Å². The third-order valence-electron chi connectivity index (χ3n) is 17.2. The zero-order valence-corrected chi connectivity index (χ0v) is 43.7. The van der Waals surface area contributed by atoms with Crippen molar-refractivity contribution in [3.8, 4) is 44.5 Å². The fourth-order valence-electron chi connectivity index (χ4n) is 13.5. The highest BCUT2D eigenvalue weighted by molar-refractivity contribution is 6.18. The van der Waals surface area contributed by atoms with E-state index in [-0.39, 0.29) is 10.8 Å². The number of hydrogen-bond acceptors (Lipinski definition) is 3. The Kier molecular flexibility index (Phi) is 9.96. The van der Waals surface area contributed by atoms with Gasteiger partial charge in [0.2, 0.25) is 0 Å². The normalized spacial score (nSPS) is 13.9. The molecule has 77 heavy (non-hydrogen) atoms. The molecule has 366 valence electrons. The second-order valence-corrected chi connectivity index (χ2v) is 22.1.